The van der Waals surface area contributed by atoms with Crippen molar-refractivity contribution in [2.45, 2.75) is 19.9 Å². The Balaban J connectivity index is 1.47. The summed E-state index contributed by atoms with van der Waals surface area (Å²) in [6.45, 7) is 3.65. The fourth-order valence-corrected chi connectivity index (χ4v) is 4.82. The minimum Gasteiger partial charge on any atom is -0.496 e. The second-order valence-electron chi connectivity index (χ2n) is 7.41. The largest absolute Gasteiger partial charge is 0.496 e. The molecule has 7 heteroatoms. The lowest BCUT2D eigenvalue weighted by Gasteiger charge is -2.16. The third-order valence-corrected chi connectivity index (χ3v) is 6.53. The van der Waals surface area contributed by atoms with Crippen LogP contribution in [0.2, 0.25) is 5.02 Å². The Bertz CT molecular complexity index is 1100. The van der Waals surface area contributed by atoms with E-state index >= 15 is 0 Å². The van der Waals surface area contributed by atoms with Gasteiger partial charge in [0.15, 0.2) is 5.78 Å². The number of fused-ring (bicyclic) bond motifs is 1. The number of Topliss-reactive ketones (excluding diaryl/α,β-unsaturated/α-hetero) is 1. The Hall–Kier alpha value is -2.41. The van der Waals surface area contributed by atoms with Crippen molar-refractivity contribution in [3.63, 3.8) is 0 Å². The first-order valence-corrected chi connectivity index (χ1v) is 10.9. The van der Waals surface area contributed by atoms with Crippen molar-refractivity contribution in [1.82, 2.24) is 9.88 Å². The van der Waals surface area contributed by atoms with Gasteiger partial charge in [-0.1, -0.05) is 23.7 Å². The number of rotatable bonds is 7. The van der Waals surface area contributed by atoms with E-state index in [0.29, 0.717) is 28.7 Å². The molecule has 1 aliphatic rings. The summed E-state index contributed by atoms with van der Waals surface area (Å²) in [5.74, 6) is 1.69. The number of thiazole rings is 1. The molecule has 4 rings (SSSR count). The summed E-state index contributed by atoms with van der Waals surface area (Å²) >= 11 is 7.45. The van der Waals surface area contributed by atoms with Crippen LogP contribution in [0.5, 0.6) is 11.5 Å². The van der Waals surface area contributed by atoms with Crippen LogP contribution in [0.3, 0.4) is 0 Å². The maximum absolute atomic E-state index is 13.0. The number of likely N-dealkylation sites (N-methyl/N-ethyl adjacent to an activating group) is 1. The Morgan fingerprint density at radius 2 is 2.13 bits per heavy atom. The molecule has 0 aliphatic carbocycles. The Morgan fingerprint density at radius 3 is 2.93 bits per heavy atom. The number of aryl methyl sites for hydroxylation is 1. The van der Waals surface area contributed by atoms with E-state index in [0.717, 1.165) is 35.0 Å². The van der Waals surface area contributed by atoms with Crippen molar-refractivity contribution in [3.05, 3.63) is 63.1 Å². The molecule has 0 amide bonds. The number of ether oxygens (including phenoxy) is 2. The van der Waals surface area contributed by atoms with E-state index in [1.165, 1.54) is 22.5 Å². The van der Waals surface area contributed by atoms with E-state index in [9.17, 15) is 4.79 Å². The number of ketones is 1. The molecule has 0 unspecified atom stereocenters. The van der Waals surface area contributed by atoms with Gasteiger partial charge < -0.3 is 9.47 Å². The molecule has 0 bridgehead atoms. The zero-order chi connectivity index (χ0) is 21.3. The molecule has 0 N–H and O–H groups in total. The van der Waals surface area contributed by atoms with Gasteiger partial charge in [0.05, 0.1) is 36.4 Å². The predicted octanol–water partition coefficient (Wildman–Crippen LogP) is 5.03. The van der Waals surface area contributed by atoms with Crippen LogP contribution in [0.4, 0.5) is 0 Å². The maximum Gasteiger partial charge on any atom is 0.188 e. The highest BCUT2D eigenvalue weighted by molar-refractivity contribution is 7.17. The third-order valence-electron chi connectivity index (χ3n) is 5.06. The summed E-state index contributed by atoms with van der Waals surface area (Å²) in [6.07, 6.45) is 0.947. The summed E-state index contributed by atoms with van der Waals surface area (Å²) in [7, 11) is 3.56. The number of hydrogen-bond donors (Lipinski definition) is 0. The summed E-state index contributed by atoms with van der Waals surface area (Å²) in [5, 5.41) is 1.35. The molecule has 0 saturated heterocycles. The lowest BCUT2D eigenvalue weighted by atomic mass is 10.1. The summed E-state index contributed by atoms with van der Waals surface area (Å²) in [4.78, 5) is 20.3. The van der Waals surface area contributed by atoms with E-state index < -0.39 is 0 Å². The van der Waals surface area contributed by atoms with Crippen molar-refractivity contribution < 1.29 is 14.3 Å². The maximum atomic E-state index is 13.0. The van der Waals surface area contributed by atoms with Gasteiger partial charge in [-0.3, -0.25) is 9.69 Å². The molecule has 0 radical (unpaired) electrons. The van der Waals surface area contributed by atoms with Crippen molar-refractivity contribution in [2.24, 2.45) is 0 Å². The highest BCUT2D eigenvalue weighted by atomic mass is 35.5. The van der Waals surface area contributed by atoms with Crippen molar-refractivity contribution in [3.8, 4) is 22.1 Å². The van der Waals surface area contributed by atoms with Crippen molar-refractivity contribution in [2.75, 3.05) is 27.3 Å². The van der Waals surface area contributed by atoms with E-state index in [2.05, 4.69) is 17.1 Å². The number of halogens is 1. The van der Waals surface area contributed by atoms with Crippen molar-refractivity contribution in [1.29, 1.82) is 0 Å². The van der Waals surface area contributed by atoms with Gasteiger partial charge in [0.2, 0.25) is 0 Å². The SMILES string of the molecule is COc1cc(Cl)ccc1-c1nc(C)c(C(=O)CN(C)Cc2ccc3c(c2)CCO3)s1. The first-order chi connectivity index (χ1) is 14.4. The van der Waals surface area contributed by atoms with E-state index in [4.69, 9.17) is 21.1 Å². The second kappa shape index (κ2) is 8.76. The number of carbonyl (C=O) groups is 1. The fourth-order valence-electron chi connectivity index (χ4n) is 3.63. The van der Waals surface area contributed by atoms with Gasteiger partial charge in [-0.25, -0.2) is 4.98 Å². The van der Waals surface area contributed by atoms with Gasteiger partial charge in [0.1, 0.15) is 16.5 Å². The van der Waals surface area contributed by atoms with Crippen LogP contribution in [-0.2, 0) is 13.0 Å². The van der Waals surface area contributed by atoms with Crippen LogP contribution in [0.25, 0.3) is 10.6 Å². The van der Waals surface area contributed by atoms with Crippen LogP contribution >= 0.6 is 22.9 Å². The lowest BCUT2D eigenvalue weighted by molar-refractivity contribution is 0.0946. The summed E-state index contributed by atoms with van der Waals surface area (Å²) in [6, 6.07) is 11.7. The minimum atomic E-state index is 0.0659. The Kier molecular flexibility index (Phi) is 6.09. The van der Waals surface area contributed by atoms with Crippen molar-refractivity contribution >= 4 is 28.7 Å². The zero-order valence-electron chi connectivity index (χ0n) is 17.2. The molecule has 2 heterocycles. The van der Waals surface area contributed by atoms with Gasteiger partial charge >= 0.3 is 0 Å². The molecule has 1 aliphatic heterocycles. The highest BCUT2D eigenvalue weighted by Gasteiger charge is 2.20. The average Bonchev–Trinajstić information content (AvgIpc) is 3.33. The molecule has 2 aromatic carbocycles. The normalized spacial score (nSPS) is 12.7. The summed E-state index contributed by atoms with van der Waals surface area (Å²) < 4.78 is 11.0. The fraction of sp³-hybridized carbons (Fsp3) is 0.304. The molecule has 0 fully saturated rings. The Morgan fingerprint density at radius 1 is 1.30 bits per heavy atom. The molecule has 3 aromatic rings. The van der Waals surface area contributed by atoms with Crippen LogP contribution in [0.15, 0.2) is 36.4 Å². The monoisotopic (exact) mass is 442 g/mol. The molecule has 30 heavy (non-hydrogen) atoms. The number of hydrogen-bond acceptors (Lipinski definition) is 6. The molecule has 0 atom stereocenters. The van der Waals surface area contributed by atoms with Crippen LogP contribution in [0.1, 0.15) is 26.5 Å². The molecule has 156 valence electrons. The van der Waals surface area contributed by atoms with Gasteiger partial charge in [0, 0.05) is 18.0 Å². The number of nitrogens with zero attached hydrogens (tertiary/aromatic N) is 2. The number of aromatic nitrogens is 1. The van der Waals surface area contributed by atoms with E-state index in [1.807, 2.05) is 31.0 Å². The zero-order valence-corrected chi connectivity index (χ0v) is 18.8. The first-order valence-electron chi connectivity index (χ1n) is 9.72. The smallest absolute Gasteiger partial charge is 0.188 e. The number of carbonyl (C=O) groups excluding carboxylic acids is 1. The molecule has 0 spiro atoms. The molecular formula is C23H23ClN2O3S. The second-order valence-corrected chi connectivity index (χ2v) is 8.85. The molecule has 0 saturated carbocycles. The number of benzene rings is 2. The van der Waals surface area contributed by atoms with Crippen LogP contribution < -0.4 is 9.47 Å². The predicted molar refractivity (Wildman–Crippen MR) is 120 cm³/mol. The topological polar surface area (TPSA) is 51.7 Å². The van der Waals surface area contributed by atoms with E-state index in [1.54, 1.807) is 19.2 Å². The molecule has 5 nitrogen and oxygen atoms in total. The minimum absolute atomic E-state index is 0.0659. The highest BCUT2D eigenvalue weighted by Crippen LogP contribution is 2.36. The summed E-state index contributed by atoms with van der Waals surface area (Å²) in [5.41, 5.74) is 4.00. The standard InChI is InChI=1S/C23H23ClN2O3S/c1-14-22(30-23(25-14)18-6-5-17(24)11-21(18)28-3)19(27)13-26(2)12-15-4-7-20-16(10-15)8-9-29-20/h4-7,10-11H,8-9,12-13H2,1-3H3. The van der Waals surface area contributed by atoms with Gasteiger partial charge in [-0.2, -0.15) is 0 Å². The van der Waals surface area contributed by atoms with Gasteiger partial charge in [-0.15, -0.1) is 11.3 Å². The molecule has 1 aromatic heterocycles. The molecular weight excluding hydrogens is 420 g/mol. The first kappa shape index (κ1) is 20.8. The average molecular weight is 443 g/mol. The lowest BCUT2D eigenvalue weighted by Crippen LogP contribution is -2.25. The van der Waals surface area contributed by atoms with Crippen LogP contribution in [0, 0.1) is 6.92 Å². The third kappa shape index (κ3) is 4.36. The van der Waals surface area contributed by atoms with Crippen LogP contribution in [-0.4, -0.2) is 43.0 Å². The number of methoxy groups -OCH3 is 1. The quantitative estimate of drug-likeness (QED) is 0.480. The van der Waals surface area contributed by atoms with Gasteiger partial charge in [0.25, 0.3) is 0 Å². The van der Waals surface area contributed by atoms with E-state index in [-0.39, 0.29) is 5.78 Å². The Labute approximate surface area is 185 Å². The van der Waals surface area contributed by atoms with Gasteiger partial charge in [-0.05, 0) is 49.4 Å².